The Morgan fingerprint density at radius 1 is 0.788 bits per heavy atom. The molecule has 0 bridgehead atoms. The molecule has 0 saturated carbocycles. The third kappa shape index (κ3) is 6.77. The van der Waals surface area contributed by atoms with Gasteiger partial charge in [-0.15, -0.1) is 0 Å². The van der Waals surface area contributed by atoms with Crippen molar-refractivity contribution in [2.45, 2.75) is 33.2 Å². The highest BCUT2D eigenvalue weighted by atomic mass is 16.2. The van der Waals surface area contributed by atoms with Crippen molar-refractivity contribution in [3.63, 3.8) is 0 Å². The van der Waals surface area contributed by atoms with E-state index in [2.05, 4.69) is 16.0 Å². The second kappa shape index (κ2) is 11.1. The van der Waals surface area contributed by atoms with E-state index in [4.69, 9.17) is 0 Å². The zero-order chi connectivity index (χ0) is 23.8. The van der Waals surface area contributed by atoms with Crippen LogP contribution in [0.15, 0.2) is 72.8 Å². The molecule has 0 aromatic heterocycles. The van der Waals surface area contributed by atoms with E-state index in [0.29, 0.717) is 5.56 Å². The molecule has 0 heterocycles. The van der Waals surface area contributed by atoms with Crippen molar-refractivity contribution in [3.05, 3.63) is 101 Å². The molecule has 0 radical (unpaired) electrons. The first-order valence-corrected chi connectivity index (χ1v) is 10.9. The monoisotopic (exact) mass is 443 g/mol. The predicted molar refractivity (Wildman–Crippen MR) is 130 cm³/mol. The van der Waals surface area contributed by atoms with Gasteiger partial charge in [0.1, 0.15) is 0 Å². The molecule has 6 nitrogen and oxygen atoms in total. The molecule has 0 aliphatic carbocycles. The molecule has 3 rings (SSSR count). The zero-order valence-corrected chi connectivity index (χ0v) is 19.1. The second-order valence-electron chi connectivity index (χ2n) is 8.11. The van der Waals surface area contributed by atoms with Gasteiger partial charge in [-0.25, -0.2) is 0 Å². The third-order valence-corrected chi connectivity index (χ3v) is 5.32. The number of benzene rings is 3. The van der Waals surface area contributed by atoms with Crippen LogP contribution in [0.4, 0.5) is 5.69 Å². The van der Waals surface area contributed by atoms with Gasteiger partial charge in [0.2, 0.25) is 11.8 Å². The lowest BCUT2D eigenvalue weighted by atomic mass is 10.0. The van der Waals surface area contributed by atoms with Crippen molar-refractivity contribution < 1.29 is 14.4 Å². The van der Waals surface area contributed by atoms with Crippen LogP contribution in [0.2, 0.25) is 0 Å². The lowest BCUT2D eigenvalue weighted by Crippen LogP contribution is -2.37. The van der Waals surface area contributed by atoms with Gasteiger partial charge in [0, 0.05) is 11.3 Å². The smallest absolute Gasteiger partial charge is 0.251 e. The van der Waals surface area contributed by atoms with E-state index in [1.54, 1.807) is 24.3 Å². The summed E-state index contributed by atoms with van der Waals surface area (Å²) >= 11 is 0. The third-order valence-electron chi connectivity index (χ3n) is 5.32. The van der Waals surface area contributed by atoms with Crippen LogP contribution >= 0.6 is 0 Å². The highest BCUT2D eigenvalue weighted by Gasteiger charge is 2.20. The first kappa shape index (κ1) is 23.7. The number of rotatable bonds is 8. The minimum absolute atomic E-state index is 0.0124. The molecule has 0 aliphatic heterocycles. The summed E-state index contributed by atoms with van der Waals surface area (Å²) in [7, 11) is 0. The number of hydrogen-bond donors (Lipinski definition) is 3. The molecule has 0 spiro atoms. The van der Waals surface area contributed by atoms with Crippen LogP contribution < -0.4 is 16.0 Å². The van der Waals surface area contributed by atoms with Crippen molar-refractivity contribution in [1.82, 2.24) is 10.6 Å². The van der Waals surface area contributed by atoms with Crippen molar-refractivity contribution >= 4 is 23.4 Å². The lowest BCUT2D eigenvalue weighted by molar-refractivity contribution is -0.124. The quantitative estimate of drug-likeness (QED) is 0.487. The molecule has 0 saturated heterocycles. The summed E-state index contributed by atoms with van der Waals surface area (Å²) in [5.74, 6) is -0.895. The average molecular weight is 444 g/mol. The van der Waals surface area contributed by atoms with E-state index in [1.807, 2.05) is 69.3 Å². The van der Waals surface area contributed by atoms with Crippen LogP contribution in [0.5, 0.6) is 0 Å². The van der Waals surface area contributed by atoms with Crippen LogP contribution in [0.3, 0.4) is 0 Å². The normalized spacial score (nSPS) is 11.4. The Labute approximate surface area is 194 Å². The summed E-state index contributed by atoms with van der Waals surface area (Å²) in [6.45, 7) is 5.73. The Bertz CT molecular complexity index is 1100. The van der Waals surface area contributed by atoms with Gasteiger partial charge in [-0.1, -0.05) is 66.2 Å². The molecule has 3 aromatic rings. The summed E-state index contributed by atoms with van der Waals surface area (Å²) in [5.41, 5.74) is 5.16. The molecule has 3 aromatic carbocycles. The van der Waals surface area contributed by atoms with Crippen LogP contribution in [-0.4, -0.2) is 24.3 Å². The Kier molecular flexibility index (Phi) is 7.97. The van der Waals surface area contributed by atoms with Crippen molar-refractivity contribution in [2.24, 2.45) is 0 Å². The number of amides is 3. The molecule has 3 amide bonds. The summed E-state index contributed by atoms with van der Waals surface area (Å²) in [6.07, 6.45) is 0.0124. The van der Waals surface area contributed by atoms with Gasteiger partial charge in [0.05, 0.1) is 19.0 Å². The number of aryl methyl sites for hydroxylation is 3. The van der Waals surface area contributed by atoms with Gasteiger partial charge in [-0.2, -0.15) is 0 Å². The van der Waals surface area contributed by atoms with Crippen molar-refractivity contribution in [3.8, 4) is 0 Å². The van der Waals surface area contributed by atoms with E-state index >= 15 is 0 Å². The Hall–Kier alpha value is -3.93. The van der Waals surface area contributed by atoms with E-state index < -0.39 is 6.04 Å². The highest BCUT2D eigenvalue weighted by molar-refractivity contribution is 5.96. The lowest BCUT2D eigenvalue weighted by Gasteiger charge is -2.19. The maximum atomic E-state index is 12.7. The van der Waals surface area contributed by atoms with Gasteiger partial charge >= 0.3 is 0 Å². The Morgan fingerprint density at radius 2 is 1.36 bits per heavy atom. The molecule has 6 heteroatoms. The standard InChI is InChI=1S/C27H29N3O3/c1-18-14-19(2)26(20(3)15-18)30-25(32)17-28-24(31)16-23(21-10-6-4-7-11-21)29-27(33)22-12-8-5-9-13-22/h4-15,23H,16-17H2,1-3H3,(H,28,31)(H,29,33)(H,30,32)/t23-/m0/s1. The Morgan fingerprint density at radius 3 is 1.97 bits per heavy atom. The zero-order valence-electron chi connectivity index (χ0n) is 19.1. The number of carbonyl (C=O) groups excluding carboxylic acids is 3. The largest absolute Gasteiger partial charge is 0.347 e. The van der Waals surface area contributed by atoms with Crippen LogP contribution in [-0.2, 0) is 9.59 Å². The van der Waals surface area contributed by atoms with Gasteiger partial charge in [0.15, 0.2) is 0 Å². The molecule has 0 unspecified atom stereocenters. The minimum Gasteiger partial charge on any atom is -0.347 e. The number of carbonyl (C=O) groups is 3. The fourth-order valence-electron chi connectivity index (χ4n) is 3.77. The predicted octanol–water partition coefficient (Wildman–Crippen LogP) is 4.23. The van der Waals surface area contributed by atoms with Gasteiger partial charge in [0.25, 0.3) is 5.91 Å². The van der Waals surface area contributed by atoms with Crippen molar-refractivity contribution in [1.29, 1.82) is 0 Å². The first-order chi connectivity index (χ1) is 15.8. The molecule has 170 valence electrons. The second-order valence-corrected chi connectivity index (χ2v) is 8.11. The SMILES string of the molecule is Cc1cc(C)c(NC(=O)CNC(=O)C[C@H](NC(=O)c2ccccc2)c2ccccc2)c(C)c1. The summed E-state index contributed by atoms with van der Waals surface area (Å²) in [5, 5.41) is 8.47. The van der Waals surface area contributed by atoms with Crippen LogP contribution in [0, 0.1) is 20.8 Å². The number of hydrogen-bond acceptors (Lipinski definition) is 3. The molecular weight excluding hydrogens is 414 g/mol. The maximum absolute atomic E-state index is 12.7. The van der Waals surface area contributed by atoms with E-state index in [9.17, 15) is 14.4 Å². The van der Waals surface area contributed by atoms with E-state index in [-0.39, 0.29) is 30.7 Å². The average Bonchev–Trinajstić information content (AvgIpc) is 2.80. The molecule has 0 fully saturated rings. The summed E-state index contributed by atoms with van der Waals surface area (Å²) < 4.78 is 0. The topological polar surface area (TPSA) is 87.3 Å². The number of nitrogens with one attached hydrogen (secondary N) is 3. The van der Waals surface area contributed by atoms with E-state index in [1.165, 1.54) is 0 Å². The highest BCUT2D eigenvalue weighted by Crippen LogP contribution is 2.22. The summed E-state index contributed by atoms with van der Waals surface area (Å²) in [4.78, 5) is 37.7. The molecule has 1 atom stereocenters. The van der Waals surface area contributed by atoms with Gasteiger partial charge < -0.3 is 16.0 Å². The molecule has 0 aliphatic rings. The fraction of sp³-hybridized carbons (Fsp3) is 0.222. The van der Waals surface area contributed by atoms with E-state index in [0.717, 1.165) is 27.9 Å². The summed E-state index contributed by atoms with van der Waals surface area (Å²) in [6, 6.07) is 21.6. The fourth-order valence-corrected chi connectivity index (χ4v) is 3.77. The first-order valence-electron chi connectivity index (χ1n) is 10.9. The molecular formula is C27H29N3O3. The van der Waals surface area contributed by atoms with Gasteiger partial charge in [-0.3, -0.25) is 14.4 Å². The van der Waals surface area contributed by atoms with Gasteiger partial charge in [-0.05, 0) is 49.6 Å². The Balaban J connectivity index is 1.61. The van der Waals surface area contributed by atoms with Crippen LogP contribution in [0.1, 0.15) is 45.1 Å². The van der Waals surface area contributed by atoms with Crippen LogP contribution in [0.25, 0.3) is 0 Å². The molecule has 33 heavy (non-hydrogen) atoms. The molecule has 3 N–H and O–H groups in total. The number of anilines is 1. The van der Waals surface area contributed by atoms with Crippen molar-refractivity contribution in [2.75, 3.05) is 11.9 Å². The minimum atomic E-state index is -0.524. The maximum Gasteiger partial charge on any atom is 0.251 e.